The van der Waals surface area contributed by atoms with E-state index >= 15 is 0 Å². The molecule has 0 heterocycles. The lowest BCUT2D eigenvalue weighted by molar-refractivity contribution is 0.0207. The second kappa shape index (κ2) is 3.29. The molecule has 0 saturated carbocycles. The topological polar surface area (TPSA) is 53.3 Å². The third-order valence-corrected chi connectivity index (χ3v) is 1.21. The third-order valence-electron chi connectivity index (χ3n) is 1.21. The van der Waals surface area contributed by atoms with Crippen molar-refractivity contribution >= 4 is 6.03 Å². The van der Waals surface area contributed by atoms with Gasteiger partial charge in [0.2, 0.25) is 0 Å². The van der Waals surface area contributed by atoms with Gasteiger partial charge in [-0.15, -0.1) is 0 Å². The number of amides is 2. The van der Waals surface area contributed by atoms with Gasteiger partial charge < -0.3 is 9.64 Å². The van der Waals surface area contributed by atoms with E-state index in [9.17, 15) is 4.79 Å². The van der Waals surface area contributed by atoms with Gasteiger partial charge in [0.25, 0.3) is 0 Å². The van der Waals surface area contributed by atoms with Crippen LogP contribution in [0.1, 0.15) is 6.92 Å². The van der Waals surface area contributed by atoms with Crippen LogP contribution in [0.2, 0.25) is 0 Å². The van der Waals surface area contributed by atoms with Crippen molar-refractivity contribution < 1.29 is 9.53 Å². The minimum atomic E-state index is -0.732. The zero-order valence-corrected chi connectivity index (χ0v) is 5.84. The Bertz CT molecular complexity index is 105. The number of nitrogens with one attached hydrogen (secondary N) is 1. The van der Waals surface area contributed by atoms with Crippen molar-refractivity contribution in [3.8, 4) is 0 Å². The largest absolute Gasteiger partial charge is 0.362 e. The molecule has 0 saturated heterocycles. The molecule has 1 atom stereocenters. The van der Waals surface area contributed by atoms with Crippen molar-refractivity contribution in [1.82, 2.24) is 10.6 Å². The molecule has 0 aliphatic heterocycles. The Morgan fingerprint density at radius 2 is 2.22 bits per heavy atom. The Balaban J connectivity index is 3.72. The highest BCUT2D eigenvalue weighted by Gasteiger charge is 2.10. The molecule has 0 aromatic carbocycles. The molecule has 1 radical (unpaired) electrons. The Kier molecular flexibility index (Phi) is 3.01. The standard InChI is InChI=1S/C5H11N2O2/c1-4(9-3)7(2)5(6)8/h4,6H,1-3H3. The molecule has 0 aromatic heterocycles. The van der Waals surface area contributed by atoms with Crippen LogP contribution in [0.4, 0.5) is 4.79 Å². The van der Waals surface area contributed by atoms with E-state index in [0.29, 0.717) is 0 Å². The van der Waals surface area contributed by atoms with Gasteiger partial charge in [0, 0.05) is 14.2 Å². The van der Waals surface area contributed by atoms with E-state index in [2.05, 4.69) is 0 Å². The van der Waals surface area contributed by atoms with E-state index in [4.69, 9.17) is 10.5 Å². The number of carbonyl (C=O) groups excluding carboxylic acids is 1. The first kappa shape index (κ1) is 8.23. The van der Waals surface area contributed by atoms with E-state index in [-0.39, 0.29) is 6.23 Å². The van der Waals surface area contributed by atoms with Crippen molar-refractivity contribution in [2.24, 2.45) is 0 Å². The molecule has 1 N–H and O–H groups in total. The fourth-order valence-electron chi connectivity index (χ4n) is 0.323. The Morgan fingerprint density at radius 1 is 1.78 bits per heavy atom. The van der Waals surface area contributed by atoms with Crippen LogP contribution in [0.5, 0.6) is 0 Å². The number of urea groups is 1. The SMILES string of the molecule is COC(C)N(C)C([NH])=O. The number of nitrogens with zero attached hydrogens (tertiary/aromatic N) is 1. The predicted molar refractivity (Wildman–Crippen MR) is 32.7 cm³/mol. The Morgan fingerprint density at radius 3 is 2.33 bits per heavy atom. The molecule has 0 rings (SSSR count). The first-order valence-corrected chi connectivity index (χ1v) is 2.60. The molecule has 2 amide bonds. The fraction of sp³-hybridized carbons (Fsp3) is 0.800. The maximum Gasteiger partial charge on any atom is 0.337 e. The van der Waals surface area contributed by atoms with Crippen LogP contribution in [0, 0.1) is 0 Å². The highest BCUT2D eigenvalue weighted by atomic mass is 16.5. The van der Waals surface area contributed by atoms with Gasteiger partial charge in [0.1, 0.15) is 6.23 Å². The highest BCUT2D eigenvalue weighted by molar-refractivity contribution is 5.70. The van der Waals surface area contributed by atoms with Crippen LogP contribution in [-0.4, -0.2) is 31.3 Å². The molecule has 0 spiro atoms. The third kappa shape index (κ3) is 2.32. The van der Waals surface area contributed by atoms with E-state index in [1.807, 2.05) is 0 Å². The van der Waals surface area contributed by atoms with E-state index < -0.39 is 6.03 Å². The summed E-state index contributed by atoms with van der Waals surface area (Å²) in [4.78, 5) is 11.5. The van der Waals surface area contributed by atoms with Crippen LogP contribution in [0.3, 0.4) is 0 Å². The minimum absolute atomic E-state index is 0.310. The van der Waals surface area contributed by atoms with Crippen LogP contribution in [0.15, 0.2) is 0 Å². The van der Waals surface area contributed by atoms with Crippen molar-refractivity contribution in [1.29, 1.82) is 0 Å². The second-order valence-electron chi connectivity index (χ2n) is 1.75. The quantitative estimate of drug-likeness (QED) is 0.506. The number of hydrogen-bond donors (Lipinski definition) is 0. The Labute approximate surface area is 54.6 Å². The van der Waals surface area contributed by atoms with E-state index in [0.717, 1.165) is 0 Å². The molecule has 0 aromatic rings. The molecule has 0 fully saturated rings. The maximum atomic E-state index is 10.3. The molecular weight excluding hydrogens is 120 g/mol. The summed E-state index contributed by atoms with van der Waals surface area (Å²) < 4.78 is 4.76. The first-order valence-electron chi connectivity index (χ1n) is 2.60. The monoisotopic (exact) mass is 131 g/mol. The van der Waals surface area contributed by atoms with Crippen molar-refractivity contribution in [2.75, 3.05) is 14.2 Å². The first-order chi connectivity index (χ1) is 4.09. The van der Waals surface area contributed by atoms with E-state index in [1.54, 1.807) is 6.92 Å². The molecule has 4 heteroatoms. The minimum Gasteiger partial charge on any atom is -0.362 e. The van der Waals surface area contributed by atoms with Gasteiger partial charge in [0.15, 0.2) is 0 Å². The molecule has 9 heavy (non-hydrogen) atoms. The van der Waals surface area contributed by atoms with Crippen molar-refractivity contribution in [3.05, 3.63) is 0 Å². The predicted octanol–water partition coefficient (Wildman–Crippen LogP) is 0.314. The fourth-order valence-corrected chi connectivity index (χ4v) is 0.323. The Hall–Kier alpha value is -0.770. The van der Waals surface area contributed by atoms with Gasteiger partial charge in [-0.3, -0.25) is 0 Å². The summed E-state index contributed by atoms with van der Waals surface area (Å²) in [5.74, 6) is 0. The summed E-state index contributed by atoms with van der Waals surface area (Å²) in [6, 6.07) is -0.732. The molecule has 0 aliphatic carbocycles. The lowest BCUT2D eigenvalue weighted by atomic mass is 10.6. The van der Waals surface area contributed by atoms with Crippen LogP contribution < -0.4 is 5.73 Å². The zero-order valence-electron chi connectivity index (χ0n) is 5.84. The average Bonchev–Trinajstić information content (AvgIpc) is 1.84. The van der Waals surface area contributed by atoms with Gasteiger partial charge in [-0.25, -0.2) is 10.5 Å². The number of ether oxygens (including phenoxy) is 1. The van der Waals surface area contributed by atoms with Gasteiger partial charge in [-0.05, 0) is 6.92 Å². The molecular formula is C5H11N2O2. The second-order valence-corrected chi connectivity index (χ2v) is 1.75. The van der Waals surface area contributed by atoms with Gasteiger partial charge in [-0.1, -0.05) is 0 Å². The molecule has 0 aliphatic rings. The summed E-state index contributed by atoms with van der Waals surface area (Å²) in [5, 5.41) is 0. The summed E-state index contributed by atoms with van der Waals surface area (Å²) in [6.07, 6.45) is -0.310. The molecule has 0 bridgehead atoms. The van der Waals surface area contributed by atoms with Crippen molar-refractivity contribution in [2.45, 2.75) is 13.2 Å². The zero-order chi connectivity index (χ0) is 7.44. The van der Waals surface area contributed by atoms with Crippen LogP contribution in [0.25, 0.3) is 0 Å². The summed E-state index contributed by atoms with van der Waals surface area (Å²) in [6.45, 7) is 1.70. The molecule has 4 nitrogen and oxygen atoms in total. The molecule has 1 unspecified atom stereocenters. The number of carbonyl (C=O) groups is 1. The van der Waals surface area contributed by atoms with Crippen LogP contribution >= 0.6 is 0 Å². The van der Waals surface area contributed by atoms with Gasteiger partial charge in [-0.2, -0.15) is 0 Å². The lowest BCUT2D eigenvalue weighted by Gasteiger charge is -2.19. The smallest absolute Gasteiger partial charge is 0.337 e. The average molecular weight is 131 g/mol. The maximum absolute atomic E-state index is 10.3. The highest BCUT2D eigenvalue weighted by Crippen LogP contribution is 1.93. The van der Waals surface area contributed by atoms with Crippen LogP contribution in [-0.2, 0) is 4.74 Å². The van der Waals surface area contributed by atoms with Crippen molar-refractivity contribution in [3.63, 3.8) is 0 Å². The molecule has 53 valence electrons. The van der Waals surface area contributed by atoms with Gasteiger partial charge >= 0.3 is 6.03 Å². The number of hydrogen-bond acceptors (Lipinski definition) is 2. The van der Waals surface area contributed by atoms with E-state index in [1.165, 1.54) is 19.1 Å². The summed E-state index contributed by atoms with van der Waals surface area (Å²) >= 11 is 0. The number of methoxy groups -OCH3 is 1. The lowest BCUT2D eigenvalue weighted by Crippen LogP contribution is -2.35. The number of rotatable bonds is 2. The normalized spacial score (nSPS) is 12.8. The summed E-state index contributed by atoms with van der Waals surface area (Å²) in [5.41, 5.74) is 6.62. The van der Waals surface area contributed by atoms with Gasteiger partial charge in [0.05, 0.1) is 0 Å². The summed E-state index contributed by atoms with van der Waals surface area (Å²) in [7, 11) is 3.01.